The van der Waals surface area contributed by atoms with Crippen LogP contribution in [0.15, 0.2) is 0 Å². The van der Waals surface area contributed by atoms with Crippen LogP contribution in [0.5, 0.6) is 0 Å². The number of unbranched alkanes of at least 4 members (excludes halogenated alkanes) is 45. The summed E-state index contributed by atoms with van der Waals surface area (Å²) >= 11 is 0. The zero-order valence-corrected chi connectivity index (χ0v) is 47.3. The predicted molar refractivity (Wildman–Crippen MR) is 298 cm³/mol. The van der Waals surface area contributed by atoms with Gasteiger partial charge >= 0.3 is 17.9 Å². The zero-order valence-electron chi connectivity index (χ0n) is 47.3. The van der Waals surface area contributed by atoms with E-state index in [1.807, 2.05) is 0 Å². The Bertz CT molecular complexity index is 1040. The molecule has 0 aromatic heterocycles. The van der Waals surface area contributed by atoms with Crippen LogP contribution in [0.1, 0.15) is 362 Å². The summed E-state index contributed by atoms with van der Waals surface area (Å²) in [4.78, 5) is 38.2. The number of esters is 3. The van der Waals surface area contributed by atoms with Crippen molar-refractivity contribution in [1.82, 2.24) is 0 Å². The highest BCUT2D eigenvalue weighted by Crippen LogP contribution is 2.19. The van der Waals surface area contributed by atoms with Crippen LogP contribution >= 0.6 is 0 Å². The minimum atomic E-state index is -0.762. The molecule has 0 heterocycles. The molecule has 69 heavy (non-hydrogen) atoms. The van der Waals surface area contributed by atoms with Crippen molar-refractivity contribution in [3.05, 3.63) is 0 Å². The minimum Gasteiger partial charge on any atom is -0.462 e. The monoisotopic (exact) mass is 975 g/mol. The highest BCUT2D eigenvalue weighted by Gasteiger charge is 2.19. The summed E-state index contributed by atoms with van der Waals surface area (Å²) in [7, 11) is 0. The van der Waals surface area contributed by atoms with Gasteiger partial charge in [-0.1, -0.05) is 323 Å². The molecule has 0 N–H and O–H groups in total. The molecule has 0 unspecified atom stereocenters. The second kappa shape index (κ2) is 57.3. The Hall–Kier alpha value is -1.59. The van der Waals surface area contributed by atoms with Gasteiger partial charge in [0, 0.05) is 19.3 Å². The second-order valence-corrected chi connectivity index (χ2v) is 22.2. The van der Waals surface area contributed by atoms with Gasteiger partial charge in [-0.05, 0) is 25.2 Å². The van der Waals surface area contributed by atoms with E-state index in [-0.39, 0.29) is 31.1 Å². The fraction of sp³-hybridized carbons (Fsp3) is 0.952. The smallest absolute Gasteiger partial charge is 0.306 e. The third kappa shape index (κ3) is 57.2. The maximum absolute atomic E-state index is 12.9. The van der Waals surface area contributed by atoms with E-state index in [2.05, 4.69) is 27.7 Å². The van der Waals surface area contributed by atoms with Crippen LogP contribution in [0.25, 0.3) is 0 Å². The van der Waals surface area contributed by atoms with E-state index >= 15 is 0 Å². The van der Waals surface area contributed by atoms with E-state index in [0.29, 0.717) is 19.3 Å². The number of hydrogen-bond donors (Lipinski definition) is 0. The third-order valence-corrected chi connectivity index (χ3v) is 14.5. The number of carbonyl (C=O) groups is 3. The topological polar surface area (TPSA) is 78.9 Å². The molecule has 0 saturated carbocycles. The first-order chi connectivity index (χ1) is 33.9. The number of ether oxygens (including phenoxy) is 3. The van der Waals surface area contributed by atoms with Gasteiger partial charge < -0.3 is 14.2 Å². The highest BCUT2D eigenvalue weighted by molar-refractivity contribution is 5.71. The average molecular weight is 976 g/mol. The molecule has 0 amide bonds. The summed E-state index contributed by atoms with van der Waals surface area (Å²) in [6.07, 6.45) is 63.9. The van der Waals surface area contributed by atoms with Crippen molar-refractivity contribution in [1.29, 1.82) is 0 Å². The van der Waals surface area contributed by atoms with Gasteiger partial charge in [0.25, 0.3) is 0 Å². The van der Waals surface area contributed by atoms with Crippen LogP contribution in [0, 0.1) is 5.92 Å². The van der Waals surface area contributed by atoms with Crippen LogP contribution in [0.4, 0.5) is 0 Å². The van der Waals surface area contributed by atoms with Crippen LogP contribution in [-0.2, 0) is 28.6 Å². The molecule has 410 valence electrons. The molecule has 0 rings (SSSR count). The molecule has 0 aromatic rings. The Labute approximate surface area is 431 Å². The van der Waals surface area contributed by atoms with Gasteiger partial charge in [0.15, 0.2) is 6.10 Å². The maximum atomic E-state index is 12.9. The summed E-state index contributed by atoms with van der Waals surface area (Å²) < 4.78 is 16.9. The lowest BCUT2D eigenvalue weighted by atomic mass is 10.0. The quantitative estimate of drug-likeness (QED) is 0.0343. The lowest BCUT2D eigenvalue weighted by Crippen LogP contribution is -2.30. The second-order valence-electron chi connectivity index (χ2n) is 22.2. The van der Waals surface area contributed by atoms with Gasteiger partial charge in [-0.3, -0.25) is 14.4 Å². The minimum absolute atomic E-state index is 0.0612. The number of rotatable bonds is 58. The van der Waals surface area contributed by atoms with E-state index in [0.717, 1.165) is 63.7 Å². The van der Waals surface area contributed by atoms with Gasteiger partial charge in [-0.25, -0.2) is 0 Å². The molecule has 6 heteroatoms. The van der Waals surface area contributed by atoms with Crippen LogP contribution < -0.4 is 0 Å². The standard InChI is InChI=1S/C63H122O6/c1-5-7-9-11-13-15-17-19-20-23-28-32-36-40-44-48-52-56-63(66)69-60(57-67-61(64)54-50-46-42-38-34-29-18-16-14-12-10-8-6-2)58-68-62(65)55-51-47-43-39-35-31-27-25-22-21-24-26-30-33-37-41-45-49-53-59(3)4/h59-60H,5-58H2,1-4H3/t60-/m0/s1. The molecule has 0 saturated heterocycles. The first-order valence-electron chi connectivity index (χ1n) is 31.4. The first kappa shape index (κ1) is 67.4. The summed E-state index contributed by atoms with van der Waals surface area (Å²) in [6, 6.07) is 0. The van der Waals surface area contributed by atoms with E-state index in [4.69, 9.17) is 14.2 Å². The number of carbonyl (C=O) groups excluding carboxylic acids is 3. The molecular weight excluding hydrogens is 853 g/mol. The predicted octanol–water partition coefficient (Wildman–Crippen LogP) is 21.0. The maximum Gasteiger partial charge on any atom is 0.306 e. The molecule has 0 fully saturated rings. The molecule has 0 aliphatic rings. The Morgan fingerprint density at radius 3 is 0.710 bits per heavy atom. The molecule has 0 spiro atoms. The van der Waals surface area contributed by atoms with Crippen LogP contribution in [0.3, 0.4) is 0 Å². The van der Waals surface area contributed by atoms with Crippen LogP contribution in [0.2, 0.25) is 0 Å². The zero-order chi connectivity index (χ0) is 50.2. The van der Waals surface area contributed by atoms with Crippen molar-refractivity contribution < 1.29 is 28.6 Å². The Morgan fingerprint density at radius 2 is 0.478 bits per heavy atom. The number of hydrogen-bond acceptors (Lipinski definition) is 6. The van der Waals surface area contributed by atoms with Gasteiger partial charge in [-0.2, -0.15) is 0 Å². The summed E-state index contributed by atoms with van der Waals surface area (Å²) in [5.41, 5.74) is 0. The third-order valence-electron chi connectivity index (χ3n) is 14.5. The van der Waals surface area contributed by atoms with E-state index < -0.39 is 6.10 Å². The summed E-state index contributed by atoms with van der Waals surface area (Å²) in [6.45, 7) is 9.09. The molecule has 0 aromatic carbocycles. The lowest BCUT2D eigenvalue weighted by Gasteiger charge is -2.18. The molecule has 0 bridgehead atoms. The van der Waals surface area contributed by atoms with Gasteiger partial charge in [0.1, 0.15) is 13.2 Å². The van der Waals surface area contributed by atoms with Crippen molar-refractivity contribution in [2.24, 2.45) is 5.92 Å². The fourth-order valence-electron chi connectivity index (χ4n) is 9.81. The fourth-order valence-corrected chi connectivity index (χ4v) is 9.81. The lowest BCUT2D eigenvalue weighted by molar-refractivity contribution is -0.167. The largest absolute Gasteiger partial charge is 0.462 e. The van der Waals surface area contributed by atoms with Crippen LogP contribution in [-0.4, -0.2) is 37.2 Å². The Balaban J connectivity index is 4.24. The molecule has 0 radical (unpaired) electrons. The van der Waals surface area contributed by atoms with Crippen molar-refractivity contribution in [3.8, 4) is 0 Å². The Kier molecular flexibility index (Phi) is 56.0. The first-order valence-corrected chi connectivity index (χ1v) is 31.4. The molecule has 1 atom stereocenters. The van der Waals surface area contributed by atoms with Gasteiger partial charge in [0.05, 0.1) is 0 Å². The average Bonchev–Trinajstić information content (AvgIpc) is 3.34. The van der Waals surface area contributed by atoms with Crippen molar-refractivity contribution >= 4 is 17.9 Å². The molecule has 0 aliphatic carbocycles. The Morgan fingerprint density at radius 1 is 0.275 bits per heavy atom. The summed E-state index contributed by atoms with van der Waals surface area (Å²) in [5.74, 6) is 0.0302. The van der Waals surface area contributed by atoms with Gasteiger partial charge in [0.2, 0.25) is 0 Å². The molecule has 6 nitrogen and oxygen atoms in total. The van der Waals surface area contributed by atoms with E-state index in [9.17, 15) is 14.4 Å². The van der Waals surface area contributed by atoms with Crippen molar-refractivity contribution in [2.45, 2.75) is 368 Å². The van der Waals surface area contributed by atoms with Crippen molar-refractivity contribution in [2.75, 3.05) is 13.2 Å². The SMILES string of the molecule is CCCCCCCCCCCCCCCCCCCC(=O)O[C@@H](COC(=O)CCCCCCCCCCCCCCC)COC(=O)CCCCCCCCCCCCCCCCCCCCC(C)C. The molecular formula is C63H122O6. The van der Waals surface area contributed by atoms with E-state index in [1.54, 1.807) is 0 Å². The van der Waals surface area contributed by atoms with Gasteiger partial charge in [-0.15, -0.1) is 0 Å². The highest BCUT2D eigenvalue weighted by atomic mass is 16.6. The summed E-state index contributed by atoms with van der Waals surface area (Å²) in [5, 5.41) is 0. The van der Waals surface area contributed by atoms with E-state index in [1.165, 1.54) is 257 Å². The van der Waals surface area contributed by atoms with Crippen molar-refractivity contribution in [3.63, 3.8) is 0 Å². The normalized spacial score (nSPS) is 12.0. The molecule has 0 aliphatic heterocycles.